The van der Waals surface area contributed by atoms with Crippen LogP contribution in [-0.2, 0) is 11.3 Å². The van der Waals surface area contributed by atoms with Crippen molar-refractivity contribution in [3.8, 4) is 0 Å². The summed E-state index contributed by atoms with van der Waals surface area (Å²) in [7, 11) is 0. The third-order valence-corrected chi connectivity index (χ3v) is 6.60. The second-order valence-corrected chi connectivity index (χ2v) is 8.22. The van der Waals surface area contributed by atoms with Crippen LogP contribution in [0.4, 0.5) is 0 Å². The summed E-state index contributed by atoms with van der Waals surface area (Å²) in [5, 5.41) is 3.09. The van der Waals surface area contributed by atoms with Crippen LogP contribution in [0.5, 0.6) is 0 Å². The molecule has 5 heteroatoms. The number of rotatable bonds is 5. The van der Waals surface area contributed by atoms with Crippen molar-refractivity contribution >= 4 is 5.91 Å². The molecule has 1 amide bonds. The number of piperidine rings is 2. The highest BCUT2D eigenvalue weighted by molar-refractivity contribution is 5.78. The highest BCUT2D eigenvalue weighted by Gasteiger charge is 2.34. The quantitative estimate of drug-likeness (QED) is 0.880. The summed E-state index contributed by atoms with van der Waals surface area (Å²) in [5.74, 6) is 0.337. The Morgan fingerprint density at radius 1 is 1.00 bits per heavy atom. The van der Waals surface area contributed by atoms with Gasteiger partial charge in [-0.05, 0) is 70.3 Å². The van der Waals surface area contributed by atoms with E-state index in [2.05, 4.69) is 20.1 Å². The van der Waals surface area contributed by atoms with E-state index in [0.29, 0.717) is 12.6 Å². The summed E-state index contributed by atoms with van der Waals surface area (Å²) in [4.78, 5) is 22.2. The molecular formula is C21H32N4O. The molecule has 5 nitrogen and oxygen atoms in total. The van der Waals surface area contributed by atoms with Crippen molar-refractivity contribution in [1.82, 2.24) is 20.1 Å². The molecule has 1 N–H and O–H groups in total. The van der Waals surface area contributed by atoms with Gasteiger partial charge in [-0.3, -0.25) is 14.7 Å². The Bertz CT molecular complexity index is 581. The van der Waals surface area contributed by atoms with Crippen LogP contribution in [0.1, 0.15) is 50.6 Å². The van der Waals surface area contributed by atoms with E-state index in [1.54, 1.807) is 6.20 Å². The minimum absolute atomic E-state index is 0.136. The molecule has 2 aliphatic heterocycles. The van der Waals surface area contributed by atoms with Crippen LogP contribution in [0.3, 0.4) is 0 Å². The number of hydrogen-bond acceptors (Lipinski definition) is 4. The minimum Gasteiger partial charge on any atom is -0.350 e. The largest absolute Gasteiger partial charge is 0.350 e. The number of hydrogen-bond donors (Lipinski definition) is 1. The van der Waals surface area contributed by atoms with Gasteiger partial charge in [-0.15, -0.1) is 0 Å². The SMILES string of the molecule is O=C(NCc1ccccn1)C1CCCN(C2CCN(C3CCC3)CC2)C1. The van der Waals surface area contributed by atoms with Gasteiger partial charge in [-0.25, -0.2) is 0 Å². The lowest BCUT2D eigenvalue weighted by molar-refractivity contribution is -0.127. The summed E-state index contributed by atoms with van der Waals surface area (Å²) < 4.78 is 0. The summed E-state index contributed by atoms with van der Waals surface area (Å²) in [5.41, 5.74) is 0.928. The minimum atomic E-state index is 0.136. The van der Waals surface area contributed by atoms with Crippen molar-refractivity contribution in [1.29, 1.82) is 0 Å². The first-order valence-corrected chi connectivity index (χ1v) is 10.5. The first-order chi connectivity index (χ1) is 12.8. The molecule has 1 unspecified atom stereocenters. The lowest BCUT2D eigenvalue weighted by atomic mass is 9.88. The molecule has 4 rings (SSSR count). The lowest BCUT2D eigenvalue weighted by Gasteiger charge is -2.45. The van der Waals surface area contributed by atoms with Gasteiger partial charge in [-0.1, -0.05) is 12.5 Å². The second kappa shape index (κ2) is 8.49. The van der Waals surface area contributed by atoms with Gasteiger partial charge in [0.2, 0.25) is 5.91 Å². The molecule has 0 aromatic carbocycles. The van der Waals surface area contributed by atoms with E-state index >= 15 is 0 Å². The molecule has 3 heterocycles. The molecule has 0 spiro atoms. The predicted molar refractivity (Wildman–Crippen MR) is 103 cm³/mol. The van der Waals surface area contributed by atoms with Gasteiger partial charge in [-0.2, -0.15) is 0 Å². The lowest BCUT2D eigenvalue weighted by Crippen LogP contribution is -2.53. The van der Waals surface area contributed by atoms with Crippen LogP contribution < -0.4 is 5.32 Å². The van der Waals surface area contributed by atoms with Gasteiger partial charge in [0.15, 0.2) is 0 Å². The van der Waals surface area contributed by atoms with E-state index in [-0.39, 0.29) is 11.8 Å². The molecule has 1 aromatic rings. The number of nitrogens with one attached hydrogen (secondary N) is 1. The van der Waals surface area contributed by atoms with E-state index in [9.17, 15) is 4.79 Å². The molecule has 142 valence electrons. The van der Waals surface area contributed by atoms with Crippen molar-refractivity contribution in [3.05, 3.63) is 30.1 Å². The van der Waals surface area contributed by atoms with Gasteiger partial charge in [0, 0.05) is 24.8 Å². The summed E-state index contributed by atoms with van der Waals surface area (Å²) in [6.07, 6.45) is 10.7. The van der Waals surface area contributed by atoms with Crippen molar-refractivity contribution < 1.29 is 4.79 Å². The highest BCUT2D eigenvalue weighted by atomic mass is 16.1. The monoisotopic (exact) mass is 356 g/mol. The third kappa shape index (κ3) is 4.26. The fourth-order valence-electron chi connectivity index (χ4n) is 4.74. The molecule has 0 radical (unpaired) electrons. The van der Waals surface area contributed by atoms with E-state index in [1.165, 1.54) is 45.2 Å². The normalized spacial score (nSPS) is 26.4. The van der Waals surface area contributed by atoms with E-state index in [0.717, 1.165) is 37.7 Å². The average Bonchev–Trinajstić information content (AvgIpc) is 2.66. The first-order valence-electron chi connectivity index (χ1n) is 10.5. The van der Waals surface area contributed by atoms with Crippen LogP contribution >= 0.6 is 0 Å². The topological polar surface area (TPSA) is 48.5 Å². The van der Waals surface area contributed by atoms with Gasteiger partial charge in [0.05, 0.1) is 18.2 Å². The molecular weight excluding hydrogens is 324 g/mol. The fourth-order valence-corrected chi connectivity index (χ4v) is 4.74. The molecule has 0 bridgehead atoms. The van der Waals surface area contributed by atoms with Gasteiger partial charge in [0.25, 0.3) is 0 Å². The van der Waals surface area contributed by atoms with Crippen LogP contribution in [0.2, 0.25) is 0 Å². The molecule has 3 fully saturated rings. The van der Waals surface area contributed by atoms with Gasteiger partial charge in [0.1, 0.15) is 0 Å². The zero-order chi connectivity index (χ0) is 17.8. The molecule has 2 saturated heterocycles. The number of aromatic nitrogens is 1. The number of amides is 1. The first kappa shape index (κ1) is 17.9. The van der Waals surface area contributed by atoms with Crippen molar-refractivity contribution in [2.75, 3.05) is 26.2 Å². The van der Waals surface area contributed by atoms with E-state index in [1.807, 2.05) is 18.2 Å². The summed E-state index contributed by atoms with van der Waals surface area (Å²) in [6, 6.07) is 7.39. The maximum absolute atomic E-state index is 12.6. The number of carbonyl (C=O) groups is 1. The number of nitrogens with zero attached hydrogens (tertiary/aromatic N) is 3. The summed E-state index contributed by atoms with van der Waals surface area (Å²) >= 11 is 0. The fraction of sp³-hybridized carbons (Fsp3) is 0.714. The van der Waals surface area contributed by atoms with Gasteiger partial charge < -0.3 is 10.2 Å². The number of carbonyl (C=O) groups excluding carboxylic acids is 1. The molecule has 26 heavy (non-hydrogen) atoms. The number of pyridine rings is 1. The van der Waals surface area contributed by atoms with Crippen molar-refractivity contribution in [2.24, 2.45) is 5.92 Å². The Balaban J connectivity index is 1.24. The zero-order valence-electron chi connectivity index (χ0n) is 15.8. The Morgan fingerprint density at radius 2 is 1.81 bits per heavy atom. The Labute approximate surface area is 157 Å². The smallest absolute Gasteiger partial charge is 0.224 e. The standard InChI is InChI=1S/C21H32N4O/c26-21(23-15-18-6-1-2-11-22-18)17-5-4-12-25(16-17)20-9-13-24(14-10-20)19-7-3-8-19/h1-2,6,11,17,19-20H,3-5,7-10,12-16H2,(H,23,26). The molecule has 1 aromatic heterocycles. The van der Waals surface area contributed by atoms with Crippen LogP contribution in [0.15, 0.2) is 24.4 Å². The predicted octanol–water partition coefficient (Wildman–Crippen LogP) is 2.43. The Morgan fingerprint density at radius 3 is 2.50 bits per heavy atom. The van der Waals surface area contributed by atoms with Crippen molar-refractivity contribution in [3.63, 3.8) is 0 Å². The van der Waals surface area contributed by atoms with E-state index < -0.39 is 0 Å². The summed E-state index contributed by atoms with van der Waals surface area (Å²) in [6.45, 7) is 5.14. The average molecular weight is 357 g/mol. The highest BCUT2D eigenvalue weighted by Crippen LogP contribution is 2.30. The number of likely N-dealkylation sites (tertiary alicyclic amines) is 2. The maximum atomic E-state index is 12.6. The van der Waals surface area contributed by atoms with Crippen molar-refractivity contribution in [2.45, 2.75) is 63.6 Å². The second-order valence-electron chi connectivity index (χ2n) is 8.22. The van der Waals surface area contributed by atoms with Crippen LogP contribution in [-0.4, -0.2) is 59.0 Å². The van der Waals surface area contributed by atoms with Crippen LogP contribution in [0, 0.1) is 5.92 Å². The van der Waals surface area contributed by atoms with E-state index in [4.69, 9.17) is 0 Å². The van der Waals surface area contributed by atoms with Crippen LogP contribution in [0.25, 0.3) is 0 Å². The third-order valence-electron chi connectivity index (χ3n) is 6.60. The molecule has 3 aliphatic rings. The zero-order valence-corrected chi connectivity index (χ0v) is 15.8. The van der Waals surface area contributed by atoms with Gasteiger partial charge >= 0.3 is 0 Å². The molecule has 1 aliphatic carbocycles. The molecule has 1 atom stereocenters. The molecule has 1 saturated carbocycles. The Hall–Kier alpha value is -1.46. The maximum Gasteiger partial charge on any atom is 0.224 e. The Kier molecular flexibility index (Phi) is 5.85.